The molecule has 2 N–H and O–H groups in total. The topological polar surface area (TPSA) is 38.9 Å². The van der Waals surface area contributed by atoms with Crippen molar-refractivity contribution in [3.63, 3.8) is 0 Å². The summed E-state index contributed by atoms with van der Waals surface area (Å²) in [6.45, 7) is 4.57. The molecular weight excluding hydrogens is 227 g/mol. The summed E-state index contributed by atoms with van der Waals surface area (Å²) in [5.41, 5.74) is 9.41. The van der Waals surface area contributed by atoms with Crippen LogP contribution in [0.5, 0.6) is 0 Å². The summed E-state index contributed by atoms with van der Waals surface area (Å²) in [6.07, 6.45) is 1.79. The van der Waals surface area contributed by atoms with Crippen LogP contribution in [-0.4, -0.2) is 4.98 Å². The van der Waals surface area contributed by atoms with Crippen molar-refractivity contribution in [1.29, 1.82) is 0 Å². The Kier molecular flexibility index (Phi) is 3.72. The first kappa shape index (κ1) is 12.7. The molecule has 0 aliphatic carbocycles. The minimum atomic E-state index is -0.265. The molecule has 0 saturated carbocycles. The van der Waals surface area contributed by atoms with Crippen molar-refractivity contribution in [2.45, 2.75) is 26.3 Å². The second-order valence-corrected chi connectivity index (χ2v) is 4.63. The second kappa shape index (κ2) is 5.27. The summed E-state index contributed by atoms with van der Waals surface area (Å²) in [5.74, 6) is 0.174. The number of hydrogen-bond donors (Lipinski definition) is 1. The fraction of sp³-hybridized carbons (Fsp3) is 0.267. The Balaban J connectivity index is 2.51. The molecule has 0 fully saturated rings. The van der Waals surface area contributed by atoms with E-state index in [1.54, 1.807) is 12.3 Å². The van der Waals surface area contributed by atoms with Crippen LogP contribution in [0.3, 0.4) is 0 Å². The first-order valence-electron chi connectivity index (χ1n) is 6.06. The van der Waals surface area contributed by atoms with Crippen LogP contribution in [0.25, 0.3) is 11.3 Å². The smallest absolute Gasteiger partial charge is 0.123 e. The van der Waals surface area contributed by atoms with E-state index >= 15 is 0 Å². The van der Waals surface area contributed by atoms with E-state index in [1.165, 1.54) is 17.7 Å². The molecule has 2 rings (SSSR count). The van der Waals surface area contributed by atoms with Gasteiger partial charge in [-0.2, -0.15) is 0 Å². The van der Waals surface area contributed by atoms with E-state index in [9.17, 15) is 4.39 Å². The average Bonchev–Trinajstić information content (AvgIpc) is 2.38. The van der Waals surface area contributed by atoms with E-state index in [4.69, 9.17) is 5.73 Å². The minimum Gasteiger partial charge on any atom is -0.326 e. The lowest BCUT2D eigenvalue weighted by atomic mass is 9.99. The number of pyridine rings is 1. The fourth-order valence-corrected chi connectivity index (χ4v) is 1.93. The predicted molar refractivity (Wildman–Crippen MR) is 71.6 cm³/mol. The Morgan fingerprint density at radius 3 is 2.67 bits per heavy atom. The second-order valence-electron chi connectivity index (χ2n) is 4.63. The number of halogens is 1. The SMILES string of the molecule is CC(C)c1ccnc(-c2ccc(F)cc2CN)c1. The van der Waals surface area contributed by atoms with Gasteiger partial charge in [-0.05, 0) is 47.4 Å². The molecule has 0 atom stereocenters. The Hall–Kier alpha value is -1.74. The lowest BCUT2D eigenvalue weighted by molar-refractivity contribution is 0.625. The molecule has 1 heterocycles. The van der Waals surface area contributed by atoms with Gasteiger partial charge in [-0.15, -0.1) is 0 Å². The van der Waals surface area contributed by atoms with Crippen LogP contribution in [0.4, 0.5) is 4.39 Å². The third kappa shape index (κ3) is 2.57. The summed E-state index contributed by atoms with van der Waals surface area (Å²) in [7, 11) is 0. The van der Waals surface area contributed by atoms with Gasteiger partial charge >= 0.3 is 0 Å². The van der Waals surface area contributed by atoms with Gasteiger partial charge in [0, 0.05) is 18.3 Å². The van der Waals surface area contributed by atoms with E-state index < -0.39 is 0 Å². The standard InChI is InChI=1S/C15H17FN2/c1-10(2)11-5-6-18-15(8-11)14-4-3-13(16)7-12(14)9-17/h3-8,10H,9,17H2,1-2H3. The first-order chi connectivity index (χ1) is 8.61. The summed E-state index contributed by atoms with van der Waals surface area (Å²) in [6, 6.07) is 8.69. The highest BCUT2D eigenvalue weighted by molar-refractivity contribution is 5.64. The minimum absolute atomic E-state index is 0.265. The first-order valence-corrected chi connectivity index (χ1v) is 6.06. The van der Waals surface area contributed by atoms with Crippen LogP contribution in [0.2, 0.25) is 0 Å². The van der Waals surface area contributed by atoms with E-state index in [0.29, 0.717) is 12.5 Å². The lowest BCUT2D eigenvalue weighted by Crippen LogP contribution is -2.01. The zero-order chi connectivity index (χ0) is 13.1. The lowest BCUT2D eigenvalue weighted by Gasteiger charge is -2.10. The van der Waals surface area contributed by atoms with Crippen LogP contribution >= 0.6 is 0 Å². The average molecular weight is 244 g/mol. The van der Waals surface area contributed by atoms with Crippen LogP contribution in [-0.2, 0) is 6.54 Å². The molecule has 0 aliphatic heterocycles. The summed E-state index contributed by atoms with van der Waals surface area (Å²) >= 11 is 0. The highest BCUT2D eigenvalue weighted by Crippen LogP contribution is 2.25. The van der Waals surface area contributed by atoms with Gasteiger partial charge in [-0.3, -0.25) is 4.98 Å². The van der Waals surface area contributed by atoms with Gasteiger partial charge in [0.25, 0.3) is 0 Å². The van der Waals surface area contributed by atoms with Crippen molar-refractivity contribution in [3.05, 3.63) is 53.5 Å². The molecule has 2 aromatic rings. The summed E-state index contributed by atoms with van der Waals surface area (Å²) < 4.78 is 13.2. The van der Waals surface area contributed by atoms with Gasteiger partial charge < -0.3 is 5.73 Å². The highest BCUT2D eigenvalue weighted by Gasteiger charge is 2.08. The number of rotatable bonds is 3. The molecule has 0 radical (unpaired) electrons. The maximum atomic E-state index is 13.2. The zero-order valence-electron chi connectivity index (χ0n) is 10.7. The molecular formula is C15H17FN2. The Morgan fingerprint density at radius 2 is 2.00 bits per heavy atom. The van der Waals surface area contributed by atoms with Crippen molar-refractivity contribution < 1.29 is 4.39 Å². The van der Waals surface area contributed by atoms with Gasteiger partial charge in [-0.25, -0.2) is 4.39 Å². The molecule has 0 aliphatic rings. The third-order valence-corrected chi connectivity index (χ3v) is 3.01. The van der Waals surface area contributed by atoms with Gasteiger partial charge in [0.1, 0.15) is 5.82 Å². The monoisotopic (exact) mass is 244 g/mol. The van der Waals surface area contributed by atoms with Crippen LogP contribution < -0.4 is 5.73 Å². The summed E-state index contributed by atoms with van der Waals surface area (Å²) in [4.78, 5) is 4.35. The van der Waals surface area contributed by atoms with E-state index in [0.717, 1.165) is 16.8 Å². The normalized spacial score (nSPS) is 10.9. The van der Waals surface area contributed by atoms with Crippen LogP contribution in [0, 0.1) is 5.82 Å². The predicted octanol–water partition coefficient (Wildman–Crippen LogP) is 3.47. The van der Waals surface area contributed by atoms with Crippen LogP contribution in [0.1, 0.15) is 30.9 Å². The van der Waals surface area contributed by atoms with Gasteiger partial charge in [0.15, 0.2) is 0 Å². The van der Waals surface area contributed by atoms with Crippen molar-refractivity contribution in [2.75, 3.05) is 0 Å². The van der Waals surface area contributed by atoms with E-state index in [-0.39, 0.29) is 5.82 Å². The van der Waals surface area contributed by atoms with E-state index in [2.05, 4.69) is 18.8 Å². The Labute approximate surface area is 107 Å². The number of benzene rings is 1. The molecule has 0 saturated heterocycles. The molecule has 0 bridgehead atoms. The van der Waals surface area contributed by atoms with Crippen molar-refractivity contribution in [1.82, 2.24) is 4.98 Å². The maximum absolute atomic E-state index is 13.2. The number of nitrogens with two attached hydrogens (primary N) is 1. The largest absolute Gasteiger partial charge is 0.326 e. The number of nitrogens with zero attached hydrogens (tertiary/aromatic N) is 1. The van der Waals surface area contributed by atoms with Crippen LogP contribution in [0.15, 0.2) is 36.5 Å². The molecule has 2 nitrogen and oxygen atoms in total. The number of aromatic nitrogens is 1. The molecule has 1 aromatic carbocycles. The molecule has 3 heteroatoms. The van der Waals surface area contributed by atoms with Crippen molar-refractivity contribution >= 4 is 0 Å². The molecule has 18 heavy (non-hydrogen) atoms. The number of hydrogen-bond acceptors (Lipinski definition) is 2. The molecule has 0 unspecified atom stereocenters. The fourth-order valence-electron chi connectivity index (χ4n) is 1.93. The third-order valence-electron chi connectivity index (χ3n) is 3.01. The maximum Gasteiger partial charge on any atom is 0.123 e. The molecule has 0 amide bonds. The van der Waals surface area contributed by atoms with Gasteiger partial charge in [0.05, 0.1) is 5.69 Å². The molecule has 0 spiro atoms. The van der Waals surface area contributed by atoms with Gasteiger partial charge in [0.2, 0.25) is 0 Å². The molecule has 1 aromatic heterocycles. The quantitative estimate of drug-likeness (QED) is 0.897. The molecule has 94 valence electrons. The van der Waals surface area contributed by atoms with E-state index in [1.807, 2.05) is 12.1 Å². The van der Waals surface area contributed by atoms with Crippen molar-refractivity contribution in [2.24, 2.45) is 5.73 Å². The van der Waals surface area contributed by atoms with Gasteiger partial charge in [-0.1, -0.05) is 13.8 Å². The zero-order valence-corrected chi connectivity index (χ0v) is 10.7. The summed E-state index contributed by atoms with van der Waals surface area (Å²) in [5, 5.41) is 0. The highest BCUT2D eigenvalue weighted by atomic mass is 19.1. The Morgan fingerprint density at radius 1 is 1.22 bits per heavy atom. The Bertz CT molecular complexity index is 550. The van der Waals surface area contributed by atoms with Crippen molar-refractivity contribution in [3.8, 4) is 11.3 Å².